The van der Waals surface area contributed by atoms with Crippen molar-refractivity contribution in [2.24, 2.45) is 7.05 Å². The average Bonchev–Trinajstić information content (AvgIpc) is 3.14. The van der Waals surface area contributed by atoms with Crippen LogP contribution >= 0.6 is 0 Å². The second-order valence-corrected chi connectivity index (χ2v) is 6.91. The van der Waals surface area contributed by atoms with E-state index in [2.05, 4.69) is 0 Å². The summed E-state index contributed by atoms with van der Waals surface area (Å²) in [7, 11) is 3.28. The van der Waals surface area contributed by atoms with E-state index in [0.29, 0.717) is 36.9 Å². The van der Waals surface area contributed by atoms with Gasteiger partial charge >= 0.3 is 5.69 Å². The second-order valence-electron chi connectivity index (χ2n) is 6.91. The fraction of sp³-hybridized carbons (Fsp3) is 0.450. The van der Waals surface area contributed by atoms with E-state index in [1.807, 2.05) is 40.7 Å². The van der Waals surface area contributed by atoms with E-state index in [-0.39, 0.29) is 17.8 Å². The highest BCUT2D eigenvalue weighted by Crippen LogP contribution is 2.36. The van der Waals surface area contributed by atoms with Crippen molar-refractivity contribution in [3.05, 3.63) is 45.1 Å². The van der Waals surface area contributed by atoms with E-state index in [1.54, 1.807) is 14.2 Å². The molecule has 4 rings (SSSR count). The van der Waals surface area contributed by atoms with Crippen molar-refractivity contribution < 1.29 is 9.47 Å². The zero-order valence-electron chi connectivity index (χ0n) is 16.9. The molecule has 9 heteroatoms. The van der Waals surface area contributed by atoms with Gasteiger partial charge in [-0.15, -0.1) is 0 Å². The summed E-state index contributed by atoms with van der Waals surface area (Å²) >= 11 is 0. The highest BCUT2D eigenvalue weighted by atomic mass is 16.5. The van der Waals surface area contributed by atoms with Crippen LogP contribution in [0.5, 0.6) is 5.75 Å². The molecule has 0 unspecified atom stereocenters. The number of ether oxygens (including phenoxy) is 2. The van der Waals surface area contributed by atoms with E-state index in [0.717, 1.165) is 24.4 Å². The molecule has 0 aliphatic carbocycles. The molecule has 154 valence electrons. The predicted octanol–water partition coefficient (Wildman–Crippen LogP) is 1.48. The van der Waals surface area contributed by atoms with Gasteiger partial charge in [0.05, 0.1) is 25.9 Å². The average molecular weight is 399 g/mol. The molecule has 2 aromatic heterocycles. The SMILES string of the molecule is CCOCCn1c(=O)c2c(nc3n2CCCN3c2ccccc2OC)n(C)c1=O. The third-order valence-electron chi connectivity index (χ3n) is 5.26. The van der Waals surface area contributed by atoms with Crippen LogP contribution in [0.1, 0.15) is 13.3 Å². The Hall–Kier alpha value is -3.07. The third-order valence-corrected chi connectivity index (χ3v) is 5.26. The maximum atomic E-state index is 13.2. The number of anilines is 2. The molecule has 3 aromatic rings. The largest absolute Gasteiger partial charge is 0.495 e. The minimum Gasteiger partial charge on any atom is -0.495 e. The normalized spacial score (nSPS) is 13.7. The molecule has 3 heterocycles. The zero-order chi connectivity index (χ0) is 20.5. The minimum atomic E-state index is -0.388. The van der Waals surface area contributed by atoms with Crippen LogP contribution in [0.25, 0.3) is 11.2 Å². The van der Waals surface area contributed by atoms with E-state index in [1.165, 1.54) is 9.13 Å². The summed E-state index contributed by atoms with van der Waals surface area (Å²) in [5, 5.41) is 0. The zero-order valence-corrected chi connectivity index (χ0v) is 16.9. The Morgan fingerprint density at radius 3 is 2.72 bits per heavy atom. The van der Waals surface area contributed by atoms with Gasteiger partial charge in [0.1, 0.15) is 5.75 Å². The molecule has 1 aliphatic rings. The van der Waals surface area contributed by atoms with Crippen LogP contribution in [0.4, 0.5) is 11.6 Å². The first-order chi connectivity index (χ1) is 14.1. The van der Waals surface area contributed by atoms with E-state index < -0.39 is 0 Å². The fourth-order valence-corrected chi connectivity index (χ4v) is 3.84. The van der Waals surface area contributed by atoms with Crippen LogP contribution in [-0.4, -0.2) is 45.6 Å². The van der Waals surface area contributed by atoms with Crippen LogP contribution in [0.15, 0.2) is 33.9 Å². The molecule has 1 aromatic carbocycles. The summed E-state index contributed by atoms with van der Waals surface area (Å²) < 4.78 is 15.4. The number of para-hydroxylation sites is 2. The van der Waals surface area contributed by atoms with Gasteiger partial charge in [0.25, 0.3) is 5.56 Å². The Morgan fingerprint density at radius 1 is 1.17 bits per heavy atom. The van der Waals surface area contributed by atoms with Crippen molar-refractivity contribution in [3.63, 3.8) is 0 Å². The second kappa shape index (κ2) is 7.75. The number of hydrogen-bond acceptors (Lipinski definition) is 6. The molecule has 0 amide bonds. The number of methoxy groups -OCH3 is 1. The first kappa shape index (κ1) is 19.3. The molecule has 0 saturated carbocycles. The first-order valence-electron chi connectivity index (χ1n) is 9.76. The van der Waals surface area contributed by atoms with Gasteiger partial charge in [-0.2, -0.15) is 4.98 Å². The van der Waals surface area contributed by atoms with Crippen LogP contribution in [0.3, 0.4) is 0 Å². The summed E-state index contributed by atoms with van der Waals surface area (Å²) in [4.78, 5) is 32.7. The molecule has 9 nitrogen and oxygen atoms in total. The van der Waals surface area contributed by atoms with Crippen molar-refractivity contribution in [1.29, 1.82) is 0 Å². The molecule has 0 atom stereocenters. The lowest BCUT2D eigenvalue weighted by molar-refractivity contribution is 0.137. The molecule has 0 spiro atoms. The number of nitrogens with zero attached hydrogens (tertiary/aromatic N) is 5. The maximum Gasteiger partial charge on any atom is 0.332 e. The van der Waals surface area contributed by atoms with Crippen molar-refractivity contribution in [1.82, 2.24) is 18.7 Å². The van der Waals surface area contributed by atoms with E-state index >= 15 is 0 Å². The van der Waals surface area contributed by atoms with Gasteiger partial charge in [-0.1, -0.05) is 12.1 Å². The molecule has 0 saturated heterocycles. The Bertz CT molecular complexity index is 1160. The summed E-state index contributed by atoms with van der Waals surface area (Å²) in [5.41, 5.74) is 1.00. The Labute approximate surface area is 167 Å². The lowest BCUT2D eigenvalue weighted by Gasteiger charge is -2.30. The number of hydrogen-bond donors (Lipinski definition) is 0. The number of aryl methyl sites for hydroxylation is 2. The topological polar surface area (TPSA) is 83.5 Å². The quantitative estimate of drug-likeness (QED) is 0.584. The lowest BCUT2D eigenvalue weighted by atomic mass is 10.2. The number of benzene rings is 1. The lowest BCUT2D eigenvalue weighted by Crippen LogP contribution is -2.40. The Morgan fingerprint density at radius 2 is 1.97 bits per heavy atom. The van der Waals surface area contributed by atoms with Gasteiger partial charge < -0.3 is 18.9 Å². The van der Waals surface area contributed by atoms with Crippen LogP contribution in [0, 0.1) is 0 Å². The van der Waals surface area contributed by atoms with Gasteiger partial charge in [-0.05, 0) is 25.5 Å². The number of aromatic nitrogens is 4. The third kappa shape index (κ3) is 3.11. The van der Waals surface area contributed by atoms with Gasteiger partial charge in [-0.3, -0.25) is 13.9 Å². The Balaban J connectivity index is 1.91. The van der Waals surface area contributed by atoms with Crippen molar-refractivity contribution in [2.45, 2.75) is 26.4 Å². The summed E-state index contributed by atoms with van der Waals surface area (Å²) in [6.07, 6.45) is 0.845. The van der Waals surface area contributed by atoms with Gasteiger partial charge in [-0.25, -0.2) is 4.79 Å². The van der Waals surface area contributed by atoms with Crippen molar-refractivity contribution in [2.75, 3.05) is 31.8 Å². The smallest absolute Gasteiger partial charge is 0.332 e. The summed E-state index contributed by atoms with van der Waals surface area (Å²) in [6, 6.07) is 7.71. The van der Waals surface area contributed by atoms with E-state index in [4.69, 9.17) is 14.5 Å². The number of fused-ring (bicyclic) bond motifs is 3. The summed E-state index contributed by atoms with van der Waals surface area (Å²) in [5.74, 6) is 1.38. The van der Waals surface area contributed by atoms with E-state index in [9.17, 15) is 9.59 Å². The predicted molar refractivity (Wildman–Crippen MR) is 110 cm³/mol. The molecular formula is C20H25N5O4. The van der Waals surface area contributed by atoms with Crippen LogP contribution in [-0.2, 0) is 24.9 Å². The molecular weight excluding hydrogens is 374 g/mol. The standard InChI is InChI=1S/C20H25N5O4/c1-4-29-13-12-25-18(26)16-17(22(2)20(25)27)21-19-23(10-7-11-24(16)19)14-8-5-6-9-15(14)28-3/h5-6,8-9H,4,7,10-13H2,1-3H3. The van der Waals surface area contributed by atoms with Gasteiger partial charge in [0.2, 0.25) is 5.95 Å². The summed E-state index contributed by atoms with van der Waals surface area (Å²) in [6.45, 7) is 4.35. The van der Waals surface area contributed by atoms with Gasteiger partial charge in [0.15, 0.2) is 11.2 Å². The molecule has 29 heavy (non-hydrogen) atoms. The molecule has 0 bridgehead atoms. The first-order valence-corrected chi connectivity index (χ1v) is 9.76. The monoisotopic (exact) mass is 399 g/mol. The molecule has 0 N–H and O–H groups in total. The van der Waals surface area contributed by atoms with Crippen molar-refractivity contribution in [3.8, 4) is 5.75 Å². The number of rotatable bonds is 6. The maximum absolute atomic E-state index is 13.2. The molecule has 0 fully saturated rings. The Kier molecular flexibility index (Phi) is 5.14. The van der Waals surface area contributed by atoms with Crippen molar-refractivity contribution >= 4 is 22.8 Å². The molecule has 0 radical (unpaired) electrons. The van der Waals surface area contributed by atoms with Crippen LogP contribution in [0.2, 0.25) is 0 Å². The molecule has 1 aliphatic heterocycles. The van der Waals surface area contributed by atoms with Crippen LogP contribution < -0.4 is 20.9 Å². The fourth-order valence-electron chi connectivity index (χ4n) is 3.84. The van der Waals surface area contributed by atoms with Gasteiger partial charge in [0, 0.05) is 26.7 Å². The highest BCUT2D eigenvalue weighted by Gasteiger charge is 2.28. The highest BCUT2D eigenvalue weighted by molar-refractivity contribution is 5.78. The minimum absolute atomic E-state index is 0.214. The number of imidazole rings is 1.